The van der Waals surface area contributed by atoms with Crippen molar-refractivity contribution in [3.8, 4) is 22.6 Å². The quantitative estimate of drug-likeness (QED) is 0.311. The first-order valence-corrected chi connectivity index (χ1v) is 12.6. The maximum atomic E-state index is 12.3. The number of carbonyl (C=O) groups is 3. The van der Waals surface area contributed by atoms with Crippen molar-refractivity contribution >= 4 is 17.7 Å². The number of Topliss-reactive ketones (excluding diaryl/α,β-unsaturated/α-hetero) is 1. The average Bonchev–Trinajstić information content (AvgIpc) is 2.89. The van der Waals surface area contributed by atoms with Gasteiger partial charge >= 0.3 is 11.9 Å². The largest absolute Gasteiger partial charge is 0.496 e. The number of benzene rings is 2. The minimum Gasteiger partial charge on any atom is -0.496 e. The highest BCUT2D eigenvalue weighted by molar-refractivity contribution is 5.97. The van der Waals surface area contributed by atoms with Crippen LogP contribution >= 0.6 is 0 Å². The fourth-order valence-electron chi connectivity index (χ4n) is 4.06. The molecule has 0 aliphatic carbocycles. The van der Waals surface area contributed by atoms with Gasteiger partial charge in [0.25, 0.3) is 0 Å². The molecule has 0 saturated carbocycles. The number of ether oxygens (including phenoxy) is 2. The van der Waals surface area contributed by atoms with Gasteiger partial charge in [0.05, 0.1) is 7.11 Å². The SMILES string of the molecule is CCCC(=O)c1cccc(-c2cc(C)c(OCCN3CCCCC3)cc2OC)c1.O=C(O)/C=C/C(=O)O. The van der Waals surface area contributed by atoms with Gasteiger partial charge in [-0.15, -0.1) is 0 Å². The number of carbonyl (C=O) groups excluding carboxylic acids is 1. The maximum Gasteiger partial charge on any atom is 0.328 e. The molecule has 1 aliphatic heterocycles. The molecule has 0 unspecified atom stereocenters. The fraction of sp³-hybridized carbons (Fsp3) is 0.414. The summed E-state index contributed by atoms with van der Waals surface area (Å²) in [7, 11) is 1.68. The second-order valence-corrected chi connectivity index (χ2v) is 8.83. The third-order valence-electron chi connectivity index (χ3n) is 5.95. The molecule has 0 radical (unpaired) electrons. The van der Waals surface area contributed by atoms with Crippen molar-refractivity contribution in [1.82, 2.24) is 4.90 Å². The molecule has 3 rings (SSSR count). The van der Waals surface area contributed by atoms with E-state index in [1.54, 1.807) is 7.11 Å². The van der Waals surface area contributed by atoms with Gasteiger partial charge in [0.15, 0.2) is 5.78 Å². The van der Waals surface area contributed by atoms with Crippen LogP contribution in [0.4, 0.5) is 0 Å². The summed E-state index contributed by atoms with van der Waals surface area (Å²) >= 11 is 0. The second kappa shape index (κ2) is 15.5. The van der Waals surface area contributed by atoms with E-state index >= 15 is 0 Å². The molecule has 8 heteroatoms. The topological polar surface area (TPSA) is 113 Å². The van der Waals surface area contributed by atoms with Crippen LogP contribution in [0, 0.1) is 6.92 Å². The molecule has 0 amide bonds. The maximum absolute atomic E-state index is 12.3. The lowest BCUT2D eigenvalue weighted by Crippen LogP contribution is -2.33. The molecule has 1 aliphatic rings. The molecule has 0 aromatic heterocycles. The molecule has 2 aromatic carbocycles. The van der Waals surface area contributed by atoms with Gasteiger partial charge in [-0.1, -0.05) is 31.5 Å². The molecule has 0 atom stereocenters. The van der Waals surface area contributed by atoms with E-state index in [4.69, 9.17) is 19.7 Å². The van der Waals surface area contributed by atoms with Crippen LogP contribution in [0.3, 0.4) is 0 Å². The van der Waals surface area contributed by atoms with Crippen LogP contribution in [0.1, 0.15) is 54.9 Å². The number of nitrogens with zero attached hydrogens (tertiary/aromatic N) is 1. The Labute approximate surface area is 218 Å². The zero-order chi connectivity index (χ0) is 27.2. The molecule has 1 saturated heterocycles. The Kier molecular flexibility index (Phi) is 12.4. The van der Waals surface area contributed by atoms with Crippen molar-refractivity contribution in [2.45, 2.75) is 46.0 Å². The van der Waals surface area contributed by atoms with E-state index in [1.165, 1.54) is 32.4 Å². The summed E-state index contributed by atoms with van der Waals surface area (Å²) in [6.45, 7) is 8.09. The van der Waals surface area contributed by atoms with Gasteiger partial charge in [-0.3, -0.25) is 9.69 Å². The second-order valence-electron chi connectivity index (χ2n) is 8.83. The minimum atomic E-state index is -1.26. The van der Waals surface area contributed by atoms with Gasteiger partial charge in [0.1, 0.15) is 18.1 Å². The summed E-state index contributed by atoms with van der Waals surface area (Å²) in [5.74, 6) is -0.702. The van der Waals surface area contributed by atoms with Crippen molar-refractivity contribution in [3.05, 3.63) is 59.7 Å². The van der Waals surface area contributed by atoms with Crippen molar-refractivity contribution in [2.24, 2.45) is 0 Å². The molecule has 37 heavy (non-hydrogen) atoms. The van der Waals surface area contributed by atoms with E-state index in [1.807, 2.05) is 37.3 Å². The Morgan fingerprint density at radius 1 is 0.973 bits per heavy atom. The number of hydrogen-bond donors (Lipinski definition) is 2. The number of likely N-dealkylation sites (tertiary alicyclic amines) is 1. The number of methoxy groups -OCH3 is 1. The van der Waals surface area contributed by atoms with Crippen LogP contribution in [0.5, 0.6) is 11.5 Å². The van der Waals surface area contributed by atoms with Gasteiger partial charge in [0, 0.05) is 42.3 Å². The van der Waals surface area contributed by atoms with E-state index in [-0.39, 0.29) is 5.78 Å². The lowest BCUT2D eigenvalue weighted by Gasteiger charge is -2.26. The van der Waals surface area contributed by atoms with Crippen LogP contribution in [-0.4, -0.2) is 66.2 Å². The molecule has 1 heterocycles. The Morgan fingerprint density at radius 3 is 2.24 bits per heavy atom. The number of rotatable bonds is 11. The van der Waals surface area contributed by atoms with Crippen LogP contribution in [0.15, 0.2) is 48.6 Å². The molecule has 2 N–H and O–H groups in total. The van der Waals surface area contributed by atoms with E-state index in [9.17, 15) is 14.4 Å². The Hall–Kier alpha value is -3.65. The first kappa shape index (κ1) is 29.6. The van der Waals surface area contributed by atoms with Gasteiger partial charge < -0.3 is 19.7 Å². The predicted octanol–water partition coefficient (Wildman–Crippen LogP) is 5.23. The smallest absolute Gasteiger partial charge is 0.328 e. The number of piperidine rings is 1. The van der Waals surface area contributed by atoms with Crippen LogP contribution < -0.4 is 9.47 Å². The highest BCUT2D eigenvalue weighted by atomic mass is 16.5. The van der Waals surface area contributed by atoms with E-state index < -0.39 is 11.9 Å². The summed E-state index contributed by atoms with van der Waals surface area (Å²) in [6, 6.07) is 11.9. The van der Waals surface area contributed by atoms with Gasteiger partial charge in [-0.25, -0.2) is 9.59 Å². The van der Waals surface area contributed by atoms with E-state index in [0.29, 0.717) is 25.2 Å². The monoisotopic (exact) mass is 511 g/mol. The first-order chi connectivity index (χ1) is 17.7. The molecule has 0 bridgehead atoms. The molecule has 1 fully saturated rings. The fourth-order valence-corrected chi connectivity index (χ4v) is 4.06. The number of aryl methyl sites for hydroxylation is 1. The Morgan fingerprint density at radius 2 is 1.65 bits per heavy atom. The normalized spacial score (nSPS) is 13.5. The lowest BCUT2D eigenvalue weighted by molar-refractivity contribution is -0.134. The molecule has 2 aromatic rings. The number of hydrogen-bond acceptors (Lipinski definition) is 6. The molecule has 0 spiro atoms. The standard InChI is InChI=1S/C25H33NO3.C4H4O4/c1-4-9-23(27)21-11-8-10-20(17-21)22-16-19(2)24(18-25(22)28-3)29-15-14-26-12-6-5-7-13-26;5-3(6)1-2-4(7)8/h8,10-11,16-18H,4-7,9,12-15H2,1-3H3;1-2H,(H,5,6)(H,7,8)/b;2-1+. The number of aliphatic carboxylic acids is 2. The van der Waals surface area contributed by atoms with E-state index in [0.717, 1.165) is 46.7 Å². The number of carboxylic acid groups (broad SMARTS) is 2. The summed E-state index contributed by atoms with van der Waals surface area (Å²) < 4.78 is 11.8. The third kappa shape index (κ3) is 10.1. The predicted molar refractivity (Wildman–Crippen MR) is 143 cm³/mol. The van der Waals surface area contributed by atoms with Gasteiger partial charge in [-0.2, -0.15) is 0 Å². The van der Waals surface area contributed by atoms with Crippen LogP contribution in [-0.2, 0) is 9.59 Å². The van der Waals surface area contributed by atoms with Crippen molar-refractivity contribution in [3.63, 3.8) is 0 Å². The Balaban J connectivity index is 0.000000521. The molecule has 8 nitrogen and oxygen atoms in total. The zero-order valence-electron chi connectivity index (χ0n) is 21.9. The molecular formula is C29H37NO7. The summed E-state index contributed by atoms with van der Waals surface area (Å²) in [4.78, 5) is 33.9. The minimum absolute atomic E-state index is 0.183. The highest BCUT2D eigenvalue weighted by Crippen LogP contribution is 2.36. The van der Waals surface area contributed by atoms with E-state index in [2.05, 4.69) is 17.9 Å². The van der Waals surface area contributed by atoms with Crippen molar-refractivity contribution in [2.75, 3.05) is 33.4 Å². The lowest BCUT2D eigenvalue weighted by atomic mass is 9.97. The highest BCUT2D eigenvalue weighted by Gasteiger charge is 2.14. The van der Waals surface area contributed by atoms with Gasteiger partial charge in [0.2, 0.25) is 0 Å². The number of ketones is 1. The third-order valence-corrected chi connectivity index (χ3v) is 5.95. The summed E-state index contributed by atoms with van der Waals surface area (Å²) in [5.41, 5.74) is 3.81. The molecular weight excluding hydrogens is 474 g/mol. The van der Waals surface area contributed by atoms with Crippen LogP contribution in [0.2, 0.25) is 0 Å². The average molecular weight is 512 g/mol. The summed E-state index contributed by atoms with van der Waals surface area (Å²) in [6.07, 6.45) is 6.48. The van der Waals surface area contributed by atoms with Crippen LogP contribution in [0.25, 0.3) is 11.1 Å². The zero-order valence-corrected chi connectivity index (χ0v) is 21.9. The number of carboxylic acids is 2. The van der Waals surface area contributed by atoms with Gasteiger partial charge in [-0.05, 0) is 62.5 Å². The molecule has 200 valence electrons. The summed E-state index contributed by atoms with van der Waals surface area (Å²) in [5, 5.41) is 15.6. The first-order valence-electron chi connectivity index (χ1n) is 12.6. The van der Waals surface area contributed by atoms with Crippen molar-refractivity contribution in [1.29, 1.82) is 0 Å². The Bertz CT molecular complexity index is 1070. The van der Waals surface area contributed by atoms with Crippen molar-refractivity contribution < 1.29 is 34.1 Å².